The van der Waals surface area contributed by atoms with Crippen molar-refractivity contribution in [3.63, 3.8) is 0 Å². The van der Waals surface area contributed by atoms with Gasteiger partial charge in [0.1, 0.15) is 11.4 Å². The van der Waals surface area contributed by atoms with E-state index in [0.29, 0.717) is 46.4 Å². The molecule has 1 fully saturated rings. The summed E-state index contributed by atoms with van der Waals surface area (Å²) in [5, 5.41) is 0.539. The van der Waals surface area contributed by atoms with E-state index in [-0.39, 0.29) is 24.0 Å². The van der Waals surface area contributed by atoms with Crippen LogP contribution < -0.4 is 9.64 Å². The molecule has 2 heterocycles. The molecular formula is C23H23ClN2O4. The summed E-state index contributed by atoms with van der Waals surface area (Å²) in [5.41, 5.74) is 1.96. The summed E-state index contributed by atoms with van der Waals surface area (Å²) >= 11 is 5.99. The Kier molecular flexibility index (Phi) is 5.54. The highest BCUT2D eigenvalue weighted by Gasteiger charge is 2.43. The lowest BCUT2D eigenvalue weighted by Gasteiger charge is -2.37. The van der Waals surface area contributed by atoms with Crippen molar-refractivity contribution in [3.05, 3.63) is 64.8 Å². The minimum absolute atomic E-state index is 0.0501. The van der Waals surface area contributed by atoms with Crippen molar-refractivity contribution >= 4 is 34.7 Å². The Morgan fingerprint density at radius 2 is 1.53 bits per heavy atom. The molecule has 2 aromatic rings. The van der Waals surface area contributed by atoms with E-state index < -0.39 is 0 Å². The number of imide groups is 1. The quantitative estimate of drug-likeness (QED) is 0.697. The fourth-order valence-corrected chi connectivity index (χ4v) is 4.14. The number of carbonyl (C=O) groups is 2. The van der Waals surface area contributed by atoms with Gasteiger partial charge in [-0.3, -0.25) is 9.59 Å². The van der Waals surface area contributed by atoms with Gasteiger partial charge in [-0.1, -0.05) is 23.7 Å². The zero-order valence-electron chi connectivity index (χ0n) is 17.1. The molecule has 6 nitrogen and oxygen atoms in total. The van der Waals surface area contributed by atoms with Crippen LogP contribution in [0.5, 0.6) is 5.75 Å². The molecule has 1 saturated heterocycles. The lowest BCUT2D eigenvalue weighted by Crippen LogP contribution is -2.47. The van der Waals surface area contributed by atoms with Crippen LogP contribution in [0.15, 0.2) is 54.2 Å². The molecule has 4 rings (SSSR count). The monoisotopic (exact) mass is 426 g/mol. The van der Waals surface area contributed by atoms with Crippen molar-refractivity contribution in [1.29, 1.82) is 0 Å². The van der Waals surface area contributed by atoms with E-state index in [1.54, 1.807) is 55.6 Å². The Bertz CT molecular complexity index is 991. The van der Waals surface area contributed by atoms with Crippen LogP contribution in [0, 0.1) is 0 Å². The first-order chi connectivity index (χ1) is 14.4. The van der Waals surface area contributed by atoms with Crippen LogP contribution in [0.4, 0.5) is 5.69 Å². The summed E-state index contributed by atoms with van der Waals surface area (Å²) in [4.78, 5) is 30.2. The molecule has 30 heavy (non-hydrogen) atoms. The molecule has 0 saturated carbocycles. The van der Waals surface area contributed by atoms with Gasteiger partial charge < -0.3 is 14.4 Å². The normalized spacial score (nSPS) is 22.1. The van der Waals surface area contributed by atoms with Crippen molar-refractivity contribution in [2.75, 3.05) is 25.1 Å². The van der Waals surface area contributed by atoms with E-state index in [1.807, 2.05) is 18.7 Å². The maximum absolute atomic E-state index is 13.5. The number of nitrogens with zero attached hydrogens (tertiary/aromatic N) is 2. The summed E-state index contributed by atoms with van der Waals surface area (Å²) < 4.78 is 11.1. The van der Waals surface area contributed by atoms with Crippen LogP contribution in [-0.4, -0.2) is 49.1 Å². The van der Waals surface area contributed by atoms with Crippen LogP contribution in [-0.2, 0) is 14.3 Å². The Morgan fingerprint density at radius 1 is 0.933 bits per heavy atom. The highest BCUT2D eigenvalue weighted by Crippen LogP contribution is 2.36. The number of hydrogen-bond acceptors (Lipinski definition) is 5. The molecule has 0 aromatic heterocycles. The third kappa shape index (κ3) is 3.68. The van der Waals surface area contributed by atoms with Crippen LogP contribution >= 0.6 is 11.6 Å². The standard InChI is InChI=1S/C23H23ClN2O4/c1-14-12-25(13-15(2)30-14)21-20(16-4-10-19(29-3)11-5-16)22(27)26(23(21)28)18-8-6-17(24)7-9-18/h4-11,14-15H,12-13H2,1-3H3. The molecular weight excluding hydrogens is 404 g/mol. The average Bonchev–Trinajstić information content (AvgIpc) is 2.98. The average molecular weight is 427 g/mol. The molecule has 2 unspecified atom stereocenters. The number of hydrogen-bond donors (Lipinski definition) is 0. The molecule has 2 atom stereocenters. The first-order valence-corrected chi connectivity index (χ1v) is 10.2. The van der Waals surface area contributed by atoms with Gasteiger partial charge >= 0.3 is 0 Å². The van der Waals surface area contributed by atoms with Crippen LogP contribution in [0.1, 0.15) is 19.4 Å². The van der Waals surface area contributed by atoms with E-state index in [2.05, 4.69) is 0 Å². The molecule has 2 aliphatic heterocycles. The van der Waals surface area contributed by atoms with Crippen molar-refractivity contribution < 1.29 is 19.1 Å². The van der Waals surface area contributed by atoms with Gasteiger partial charge in [-0.15, -0.1) is 0 Å². The van der Waals surface area contributed by atoms with Crippen LogP contribution in [0.2, 0.25) is 5.02 Å². The summed E-state index contributed by atoms with van der Waals surface area (Å²) in [6.45, 7) is 5.00. The van der Waals surface area contributed by atoms with E-state index in [1.165, 1.54) is 4.90 Å². The number of methoxy groups -OCH3 is 1. The number of amides is 2. The molecule has 0 aliphatic carbocycles. The molecule has 7 heteroatoms. The second-order valence-corrected chi connectivity index (χ2v) is 7.97. The topological polar surface area (TPSA) is 59.1 Å². The fourth-order valence-electron chi connectivity index (χ4n) is 4.01. The Labute approximate surface area is 180 Å². The minimum Gasteiger partial charge on any atom is -0.497 e. The maximum atomic E-state index is 13.5. The van der Waals surface area contributed by atoms with E-state index >= 15 is 0 Å². The van der Waals surface area contributed by atoms with E-state index in [4.69, 9.17) is 21.1 Å². The van der Waals surface area contributed by atoms with Gasteiger partial charge in [-0.05, 0) is 55.8 Å². The van der Waals surface area contributed by atoms with Crippen LogP contribution in [0.25, 0.3) is 5.57 Å². The smallest absolute Gasteiger partial charge is 0.282 e. The molecule has 0 bridgehead atoms. The highest BCUT2D eigenvalue weighted by molar-refractivity contribution is 6.45. The number of rotatable bonds is 4. The number of halogens is 1. The van der Waals surface area contributed by atoms with Crippen molar-refractivity contribution in [2.45, 2.75) is 26.1 Å². The first kappa shape index (κ1) is 20.4. The lowest BCUT2D eigenvalue weighted by atomic mass is 10.0. The Morgan fingerprint density at radius 3 is 2.10 bits per heavy atom. The first-order valence-electron chi connectivity index (χ1n) is 9.82. The molecule has 0 spiro atoms. The maximum Gasteiger partial charge on any atom is 0.282 e. The van der Waals surface area contributed by atoms with Crippen molar-refractivity contribution in [3.8, 4) is 5.75 Å². The second kappa shape index (κ2) is 8.13. The van der Waals surface area contributed by atoms with Gasteiger partial charge in [0, 0.05) is 18.1 Å². The summed E-state index contributed by atoms with van der Waals surface area (Å²) in [7, 11) is 1.59. The predicted molar refractivity (Wildman–Crippen MR) is 115 cm³/mol. The molecule has 2 aliphatic rings. The lowest BCUT2D eigenvalue weighted by molar-refractivity contribution is -0.121. The van der Waals surface area contributed by atoms with Crippen LogP contribution in [0.3, 0.4) is 0 Å². The number of anilines is 1. The Balaban J connectivity index is 1.81. The molecule has 0 radical (unpaired) electrons. The van der Waals surface area contributed by atoms with Gasteiger partial charge in [0.05, 0.1) is 30.6 Å². The summed E-state index contributed by atoms with van der Waals surface area (Å²) in [6, 6.07) is 13.9. The molecule has 2 amide bonds. The number of morpholine rings is 1. The minimum atomic E-state index is -0.353. The zero-order chi connectivity index (χ0) is 21.4. The van der Waals surface area contributed by atoms with Gasteiger partial charge in [0.2, 0.25) is 0 Å². The van der Waals surface area contributed by atoms with Gasteiger partial charge in [0.25, 0.3) is 11.8 Å². The SMILES string of the molecule is COc1ccc(C2=C(N3CC(C)OC(C)C3)C(=O)N(c3ccc(Cl)cc3)C2=O)cc1. The third-order valence-electron chi connectivity index (χ3n) is 5.26. The molecule has 0 N–H and O–H groups in total. The van der Waals surface area contributed by atoms with E-state index in [9.17, 15) is 9.59 Å². The third-order valence-corrected chi connectivity index (χ3v) is 5.51. The van der Waals surface area contributed by atoms with Crippen molar-refractivity contribution in [2.24, 2.45) is 0 Å². The van der Waals surface area contributed by atoms with Gasteiger partial charge in [-0.25, -0.2) is 4.90 Å². The van der Waals surface area contributed by atoms with Gasteiger partial charge in [-0.2, -0.15) is 0 Å². The van der Waals surface area contributed by atoms with Crippen molar-refractivity contribution in [1.82, 2.24) is 4.90 Å². The number of carbonyl (C=O) groups excluding carboxylic acids is 2. The molecule has 156 valence electrons. The second-order valence-electron chi connectivity index (χ2n) is 7.54. The predicted octanol–water partition coefficient (Wildman–Crippen LogP) is 3.74. The summed E-state index contributed by atoms with van der Waals surface area (Å²) in [6.07, 6.45) is -0.100. The number of ether oxygens (including phenoxy) is 2. The zero-order valence-corrected chi connectivity index (χ0v) is 17.8. The van der Waals surface area contributed by atoms with Gasteiger partial charge in [0.15, 0.2) is 0 Å². The number of benzene rings is 2. The van der Waals surface area contributed by atoms with E-state index in [0.717, 1.165) is 0 Å². The largest absolute Gasteiger partial charge is 0.497 e. The molecule has 2 aromatic carbocycles. The highest BCUT2D eigenvalue weighted by atomic mass is 35.5. The Hall–Kier alpha value is -2.83. The fraction of sp³-hybridized carbons (Fsp3) is 0.304. The summed E-state index contributed by atoms with van der Waals surface area (Å²) in [5.74, 6) is -0.00965.